The Labute approximate surface area is 267 Å². The van der Waals surface area contributed by atoms with Gasteiger partial charge >= 0.3 is 23.9 Å². The van der Waals surface area contributed by atoms with Crippen LogP contribution >= 0.6 is 0 Å². The van der Waals surface area contributed by atoms with Crippen LogP contribution in [0.3, 0.4) is 0 Å². The van der Waals surface area contributed by atoms with Crippen LogP contribution in [-0.2, 0) is 19.1 Å². The van der Waals surface area contributed by atoms with Crippen LogP contribution in [0.5, 0.6) is 11.5 Å². The maximum atomic E-state index is 13.2. The average Bonchev–Trinajstić information content (AvgIpc) is 3.92. The molecule has 2 aromatic carbocycles. The van der Waals surface area contributed by atoms with E-state index in [0.29, 0.717) is 6.42 Å². The molecule has 2 fully saturated rings. The maximum absolute atomic E-state index is 13.2. The van der Waals surface area contributed by atoms with Gasteiger partial charge in [-0.3, -0.25) is 19.2 Å². The maximum Gasteiger partial charge on any atom is 0.379 e. The first-order valence-corrected chi connectivity index (χ1v) is 14.9. The van der Waals surface area contributed by atoms with Gasteiger partial charge in [-0.25, -0.2) is 9.59 Å². The first-order valence-electron chi connectivity index (χ1n) is 14.9. The van der Waals surface area contributed by atoms with Gasteiger partial charge in [-0.1, -0.05) is 0 Å². The SMILES string of the molecule is O=C(COC(=O)[C@@H]1[C@H]2CC[C@@H](C2)[C@@H]1C(=O)OCC(=O)c1ccc(OC(=O)c2ccco2)cc1)c1ccc(OC(=O)c2ccco2)cc1. The highest BCUT2D eigenvalue weighted by molar-refractivity contribution is 5.99. The van der Waals surface area contributed by atoms with E-state index >= 15 is 0 Å². The fourth-order valence-corrected chi connectivity index (χ4v) is 6.12. The van der Waals surface area contributed by atoms with E-state index in [-0.39, 0.29) is 46.0 Å². The van der Waals surface area contributed by atoms with E-state index in [9.17, 15) is 28.8 Å². The third-order valence-corrected chi connectivity index (χ3v) is 8.37. The number of rotatable bonds is 12. The molecule has 2 heterocycles. The molecule has 0 spiro atoms. The summed E-state index contributed by atoms with van der Waals surface area (Å²) >= 11 is 0. The first-order chi connectivity index (χ1) is 22.8. The van der Waals surface area contributed by atoms with E-state index in [0.717, 1.165) is 12.8 Å². The highest BCUT2D eigenvalue weighted by Crippen LogP contribution is 2.53. The molecule has 0 amide bonds. The summed E-state index contributed by atoms with van der Waals surface area (Å²) in [5, 5.41) is 0. The highest BCUT2D eigenvalue weighted by Gasteiger charge is 2.55. The Balaban J connectivity index is 0.993. The van der Waals surface area contributed by atoms with Crippen molar-refractivity contribution in [2.75, 3.05) is 13.2 Å². The van der Waals surface area contributed by atoms with Crippen LogP contribution in [0, 0.1) is 23.7 Å². The summed E-state index contributed by atoms with van der Waals surface area (Å²) in [5.41, 5.74) is 0.475. The van der Waals surface area contributed by atoms with E-state index in [1.807, 2.05) is 0 Å². The monoisotopic (exact) mass is 640 g/mol. The zero-order chi connectivity index (χ0) is 32.9. The number of ketones is 2. The van der Waals surface area contributed by atoms with E-state index in [1.165, 1.54) is 73.2 Å². The predicted octanol–water partition coefficient (Wildman–Crippen LogP) is 5.13. The molecule has 0 saturated heterocycles. The number of carbonyl (C=O) groups is 6. The zero-order valence-electron chi connectivity index (χ0n) is 24.8. The van der Waals surface area contributed by atoms with Gasteiger partial charge in [-0.2, -0.15) is 0 Å². The van der Waals surface area contributed by atoms with Crippen molar-refractivity contribution in [1.29, 1.82) is 0 Å². The number of hydrogen-bond donors (Lipinski definition) is 0. The summed E-state index contributed by atoms with van der Waals surface area (Å²) in [5.74, 6) is -4.93. The number of hydrogen-bond acceptors (Lipinski definition) is 12. The number of benzene rings is 2. The summed E-state index contributed by atoms with van der Waals surface area (Å²) in [7, 11) is 0. The molecule has 12 nitrogen and oxygen atoms in total. The lowest BCUT2D eigenvalue weighted by Crippen LogP contribution is -2.38. The molecule has 240 valence electrons. The normalized spacial score (nSPS) is 19.5. The van der Waals surface area contributed by atoms with Crippen LogP contribution in [0.25, 0.3) is 0 Å². The van der Waals surface area contributed by atoms with Gasteiger partial charge in [0.1, 0.15) is 11.5 Å². The molecule has 4 atom stereocenters. The van der Waals surface area contributed by atoms with E-state index in [2.05, 4.69) is 0 Å². The molecule has 2 aliphatic carbocycles. The smallest absolute Gasteiger partial charge is 0.379 e. The second-order valence-corrected chi connectivity index (χ2v) is 11.2. The van der Waals surface area contributed by atoms with Gasteiger partial charge in [-0.05, 0) is 104 Å². The van der Waals surface area contributed by atoms with Crippen LogP contribution in [0.4, 0.5) is 0 Å². The van der Waals surface area contributed by atoms with Gasteiger partial charge in [0.15, 0.2) is 24.8 Å². The molecular formula is C35H28O12. The Kier molecular flexibility index (Phi) is 9.09. The molecule has 0 radical (unpaired) electrons. The standard InChI is InChI=1S/C35H28O12/c36-26(20-7-11-24(12-8-20)46-32(38)28-3-1-15-42-28)18-44-34(40)30-22-5-6-23(17-22)31(30)35(41)45-19-27(37)21-9-13-25(14-10-21)47-33(39)29-4-2-16-43-29/h1-4,7-16,22-23,30-31H,5-6,17-19H2/t22-,23-,30-,31+/m0/s1. The fraction of sp³-hybridized carbons (Fsp3) is 0.257. The van der Waals surface area contributed by atoms with Gasteiger partial charge in [0.25, 0.3) is 0 Å². The van der Waals surface area contributed by atoms with E-state index in [4.69, 9.17) is 27.8 Å². The minimum Gasteiger partial charge on any atom is -0.457 e. The largest absolute Gasteiger partial charge is 0.457 e. The fourth-order valence-electron chi connectivity index (χ4n) is 6.12. The number of carbonyl (C=O) groups excluding carboxylic acids is 6. The Hall–Kier alpha value is -5.78. The van der Waals surface area contributed by atoms with Gasteiger partial charge < -0.3 is 27.8 Å². The number of ether oxygens (including phenoxy) is 4. The lowest BCUT2D eigenvalue weighted by Gasteiger charge is -2.27. The Morgan fingerprint density at radius 3 is 1.34 bits per heavy atom. The molecule has 47 heavy (non-hydrogen) atoms. The van der Waals surface area contributed by atoms with E-state index in [1.54, 1.807) is 12.1 Å². The van der Waals surface area contributed by atoms with Crippen LogP contribution in [-0.4, -0.2) is 48.7 Å². The number of fused-ring (bicyclic) bond motifs is 2. The lowest BCUT2D eigenvalue weighted by atomic mass is 9.79. The van der Waals surface area contributed by atoms with Crippen LogP contribution in [0.2, 0.25) is 0 Å². The molecule has 2 bridgehead atoms. The van der Waals surface area contributed by atoms with Gasteiger partial charge in [0.2, 0.25) is 11.5 Å². The van der Waals surface area contributed by atoms with E-state index < -0.39 is 60.5 Å². The van der Waals surface area contributed by atoms with Crippen molar-refractivity contribution in [3.8, 4) is 11.5 Å². The highest BCUT2D eigenvalue weighted by atomic mass is 16.6. The topological polar surface area (TPSA) is 166 Å². The Bertz CT molecular complexity index is 1640. The summed E-state index contributed by atoms with van der Waals surface area (Å²) in [6.45, 7) is -1.07. The average molecular weight is 641 g/mol. The number of esters is 4. The summed E-state index contributed by atoms with van der Waals surface area (Å²) in [4.78, 5) is 75.9. The Morgan fingerprint density at radius 2 is 0.979 bits per heavy atom. The van der Waals surface area contributed by atoms with Crippen molar-refractivity contribution in [1.82, 2.24) is 0 Å². The minimum absolute atomic E-state index is 0.0320. The van der Waals surface area contributed by atoms with Crippen molar-refractivity contribution >= 4 is 35.4 Å². The quantitative estimate of drug-likeness (QED) is 0.114. The second-order valence-electron chi connectivity index (χ2n) is 11.2. The molecule has 2 aromatic heterocycles. The molecule has 0 unspecified atom stereocenters. The van der Waals surface area contributed by atoms with Crippen LogP contribution < -0.4 is 9.47 Å². The molecule has 0 N–H and O–H groups in total. The summed E-state index contributed by atoms with van der Waals surface area (Å²) in [6.07, 6.45) is 4.83. The van der Waals surface area contributed by atoms with Crippen molar-refractivity contribution in [3.63, 3.8) is 0 Å². The van der Waals surface area contributed by atoms with Crippen LogP contribution in [0.15, 0.2) is 94.2 Å². The van der Waals surface area contributed by atoms with Gasteiger partial charge in [0.05, 0.1) is 24.4 Å². The van der Waals surface area contributed by atoms with Crippen LogP contribution in [0.1, 0.15) is 61.1 Å². The Morgan fingerprint density at radius 1 is 0.574 bits per heavy atom. The van der Waals surface area contributed by atoms with Gasteiger partial charge in [-0.15, -0.1) is 0 Å². The molecule has 2 aliphatic rings. The summed E-state index contributed by atoms with van der Waals surface area (Å²) < 4.78 is 31.1. The molecule has 0 aliphatic heterocycles. The number of furan rings is 2. The van der Waals surface area contributed by atoms with Crippen molar-refractivity contribution in [2.24, 2.45) is 23.7 Å². The molecule has 12 heteroatoms. The third kappa shape index (κ3) is 7.06. The molecule has 2 saturated carbocycles. The van der Waals surface area contributed by atoms with Crippen molar-refractivity contribution in [3.05, 3.63) is 108 Å². The minimum atomic E-state index is -0.782. The van der Waals surface area contributed by atoms with Crippen molar-refractivity contribution in [2.45, 2.75) is 19.3 Å². The predicted molar refractivity (Wildman–Crippen MR) is 159 cm³/mol. The summed E-state index contributed by atoms with van der Waals surface area (Å²) in [6, 6.07) is 17.5. The molecule has 4 aromatic rings. The number of Topliss-reactive ketones (excluding diaryl/α,β-unsaturated/α-hetero) is 2. The zero-order valence-corrected chi connectivity index (χ0v) is 24.8. The first kappa shape index (κ1) is 31.2. The lowest BCUT2D eigenvalue weighted by molar-refractivity contribution is -0.162. The molecular weight excluding hydrogens is 612 g/mol. The second kappa shape index (κ2) is 13.7. The molecule has 6 rings (SSSR count). The van der Waals surface area contributed by atoms with Crippen molar-refractivity contribution < 1.29 is 56.5 Å². The van der Waals surface area contributed by atoms with Gasteiger partial charge in [0, 0.05) is 11.1 Å². The third-order valence-electron chi connectivity index (χ3n) is 8.37.